The molecule has 19 heavy (non-hydrogen) atoms. The maximum absolute atomic E-state index is 2.57. The van der Waals surface area contributed by atoms with Crippen molar-refractivity contribution < 1.29 is 0 Å². The second-order valence-electron chi connectivity index (χ2n) is 7.88. The molecule has 0 nitrogen and oxygen atoms in total. The maximum Gasteiger partial charge on any atom is -0.0272 e. The van der Waals surface area contributed by atoms with Crippen molar-refractivity contribution in [3.8, 4) is 0 Å². The number of hydrogen-bond donors (Lipinski definition) is 0. The van der Waals surface area contributed by atoms with Crippen molar-refractivity contribution in [1.82, 2.24) is 0 Å². The highest BCUT2D eigenvalue weighted by Crippen LogP contribution is 2.53. The van der Waals surface area contributed by atoms with Crippen LogP contribution < -0.4 is 0 Å². The van der Waals surface area contributed by atoms with Crippen LogP contribution in [0.15, 0.2) is 0 Å². The molecule has 1 rings (SSSR count). The molecule has 0 bridgehead atoms. The van der Waals surface area contributed by atoms with Crippen molar-refractivity contribution in [3.05, 3.63) is 0 Å². The summed E-state index contributed by atoms with van der Waals surface area (Å²) in [5.41, 5.74) is 0.596. The summed E-state index contributed by atoms with van der Waals surface area (Å²) >= 11 is 0. The monoisotopic (exact) mass is 266 g/mol. The van der Waals surface area contributed by atoms with E-state index in [0.29, 0.717) is 5.41 Å². The SMILES string of the molecule is CCCC(C)C(CC)CC(C)C1(C)CCC(C)C1C. The maximum atomic E-state index is 2.57. The zero-order valence-corrected chi connectivity index (χ0v) is 14.6. The van der Waals surface area contributed by atoms with Gasteiger partial charge in [-0.15, -0.1) is 0 Å². The number of rotatable bonds is 7. The van der Waals surface area contributed by atoms with Gasteiger partial charge in [0.25, 0.3) is 0 Å². The van der Waals surface area contributed by atoms with E-state index in [4.69, 9.17) is 0 Å². The molecule has 0 aromatic carbocycles. The summed E-state index contributed by atoms with van der Waals surface area (Å²) in [7, 11) is 0. The Labute approximate surface area is 122 Å². The first kappa shape index (κ1) is 17.1. The lowest BCUT2D eigenvalue weighted by molar-refractivity contribution is 0.0967. The molecule has 1 saturated carbocycles. The smallest absolute Gasteiger partial charge is 0.0272 e. The van der Waals surface area contributed by atoms with Gasteiger partial charge >= 0.3 is 0 Å². The van der Waals surface area contributed by atoms with Gasteiger partial charge in [-0.1, -0.05) is 67.7 Å². The van der Waals surface area contributed by atoms with E-state index in [1.165, 1.54) is 38.5 Å². The van der Waals surface area contributed by atoms with Gasteiger partial charge in [0.2, 0.25) is 0 Å². The third kappa shape index (κ3) is 3.76. The Balaban J connectivity index is 2.64. The zero-order chi connectivity index (χ0) is 14.6. The summed E-state index contributed by atoms with van der Waals surface area (Å²) in [5.74, 6) is 4.57. The van der Waals surface area contributed by atoms with Crippen LogP contribution in [0.25, 0.3) is 0 Å². The highest BCUT2D eigenvalue weighted by Gasteiger charge is 2.44. The normalized spacial score (nSPS) is 36.2. The van der Waals surface area contributed by atoms with E-state index in [0.717, 1.165) is 29.6 Å². The summed E-state index contributed by atoms with van der Waals surface area (Å²) in [5, 5.41) is 0. The molecule has 0 aliphatic heterocycles. The third-order valence-corrected chi connectivity index (χ3v) is 6.89. The van der Waals surface area contributed by atoms with Crippen molar-refractivity contribution in [1.29, 1.82) is 0 Å². The Hall–Kier alpha value is 0. The molecule has 114 valence electrons. The first-order chi connectivity index (χ1) is 8.86. The van der Waals surface area contributed by atoms with Crippen molar-refractivity contribution in [2.24, 2.45) is 35.0 Å². The summed E-state index contributed by atoms with van der Waals surface area (Å²) in [6.07, 6.45) is 8.47. The average Bonchev–Trinajstić information content (AvgIpc) is 2.65. The molecule has 0 N–H and O–H groups in total. The second-order valence-corrected chi connectivity index (χ2v) is 7.88. The lowest BCUT2D eigenvalue weighted by atomic mass is 9.66. The molecule has 6 atom stereocenters. The van der Waals surface area contributed by atoms with Crippen molar-refractivity contribution >= 4 is 0 Å². The standard InChI is InChI=1S/C19H38/c1-8-10-15(4)18(9-2)13-16(5)19(7)12-11-14(3)17(19)6/h14-18H,8-13H2,1-7H3. The van der Waals surface area contributed by atoms with Gasteiger partial charge in [0.1, 0.15) is 0 Å². The Morgan fingerprint density at radius 3 is 2.21 bits per heavy atom. The molecule has 6 unspecified atom stereocenters. The fourth-order valence-electron chi connectivity index (χ4n) is 4.58. The van der Waals surface area contributed by atoms with E-state index in [-0.39, 0.29) is 0 Å². The summed E-state index contributed by atoms with van der Waals surface area (Å²) < 4.78 is 0. The van der Waals surface area contributed by atoms with Crippen LogP contribution in [-0.4, -0.2) is 0 Å². The van der Waals surface area contributed by atoms with Gasteiger partial charge in [0, 0.05) is 0 Å². The van der Waals surface area contributed by atoms with Gasteiger partial charge in [-0.2, -0.15) is 0 Å². The van der Waals surface area contributed by atoms with Gasteiger partial charge in [0.05, 0.1) is 0 Å². The van der Waals surface area contributed by atoms with Gasteiger partial charge < -0.3 is 0 Å². The molecule has 0 saturated heterocycles. The molecule has 0 heterocycles. The zero-order valence-electron chi connectivity index (χ0n) is 14.6. The van der Waals surface area contributed by atoms with Gasteiger partial charge in [-0.3, -0.25) is 0 Å². The molecule has 0 amide bonds. The molecule has 0 aromatic heterocycles. The number of hydrogen-bond acceptors (Lipinski definition) is 0. The Morgan fingerprint density at radius 2 is 1.79 bits per heavy atom. The van der Waals surface area contributed by atoms with E-state index in [1.807, 2.05) is 0 Å². The van der Waals surface area contributed by atoms with E-state index in [2.05, 4.69) is 48.5 Å². The molecule has 0 aromatic rings. The Morgan fingerprint density at radius 1 is 1.16 bits per heavy atom. The Bertz CT molecular complexity index is 257. The Kier molecular flexibility index (Phi) is 6.40. The molecule has 0 heteroatoms. The predicted molar refractivity (Wildman–Crippen MR) is 87.3 cm³/mol. The van der Waals surface area contributed by atoms with Crippen LogP contribution in [0.2, 0.25) is 0 Å². The van der Waals surface area contributed by atoms with E-state index in [1.54, 1.807) is 0 Å². The van der Waals surface area contributed by atoms with Crippen LogP contribution in [-0.2, 0) is 0 Å². The summed E-state index contributed by atoms with van der Waals surface area (Å²) in [6.45, 7) is 17.3. The van der Waals surface area contributed by atoms with E-state index in [9.17, 15) is 0 Å². The lowest BCUT2D eigenvalue weighted by Gasteiger charge is -2.40. The van der Waals surface area contributed by atoms with Crippen LogP contribution in [0, 0.1) is 35.0 Å². The largest absolute Gasteiger partial charge is 0.0654 e. The second kappa shape index (κ2) is 7.14. The first-order valence-corrected chi connectivity index (χ1v) is 8.86. The van der Waals surface area contributed by atoms with Gasteiger partial charge in [-0.05, 0) is 54.3 Å². The fraction of sp³-hybridized carbons (Fsp3) is 1.00. The molecule has 0 radical (unpaired) electrons. The molecule has 1 fully saturated rings. The summed E-state index contributed by atoms with van der Waals surface area (Å²) in [6, 6.07) is 0. The van der Waals surface area contributed by atoms with Gasteiger partial charge in [-0.25, -0.2) is 0 Å². The molecule has 0 spiro atoms. The van der Waals surface area contributed by atoms with Crippen molar-refractivity contribution in [2.75, 3.05) is 0 Å². The summed E-state index contributed by atoms with van der Waals surface area (Å²) in [4.78, 5) is 0. The highest BCUT2D eigenvalue weighted by atomic mass is 14.5. The quantitative estimate of drug-likeness (QED) is 0.490. The topological polar surface area (TPSA) is 0 Å². The van der Waals surface area contributed by atoms with Crippen LogP contribution in [0.1, 0.15) is 87.0 Å². The minimum absolute atomic E-state index is 0.596. The predicted octanol–water partition coefficient (Wildman–Crippen LogP) is 6.55. The lowest BCUT2D eigenvalue weighted by Crippen LogP contribution is -2.32. The van der Waals surface area contributed by atoms with Crippen LogP contribution in [0.4, 0.5) is 0 Å². The average molecular weight is 267 g/mol. The molecule has 1 aliphatic rings. The van der Waals surface area contributed by atoms with Crippen LogP contribution >= 0.6 is 0 Å². The first-order valence-electron chi connectivity index (χ1n) is 8.86. The molecular weight excluding hydrogens is 228 g/mol. The van der Waals surface area contributed by atoms with Crippen LogP contribution in [0.3, 0.4) is 0 Å². The van der Waals surface area contributed by atoms with E-state index >= 15 is 0 Å². The van der Waals surface area contributed by atoms with Crippen LogP contribution in [0.5, 0.6) is 0 Å². The fourth-order valence-corrected chi connectivity index (χ4v) is 4.58. The van der Waals surface area contributed by atoms with Crippen molar-refractivity contribution in [2.45, 2.75) is 87.0 Å². The third-order valence-electron chi connectivity index (χ3n) is 6.89. The minimum atomic E-state index is 0.596. The van der Waals surface area contributed by atoms with Crippen molar-refractivity contribution in [3.63, 3.8) is 0 Å². The minimum Gasteiger partial charge on any atom is -0.0654 e. The van der Waals surface area contributed by atoms with E-state index < -0.39 is 0 Å². The molecular formula is C19H38. The van der Waals surface area contributed by atoms with Gasteiger partial charge in [0.15, 0.2) is 0 Å². The highest BCUT2D eigenvalue weighted by molar-refractivity contribution is 4.93. The molecule has 1 aliphatic carbocycles.